The van der Waals surface area contributed by atoms with Crippen molar-refractivity contribution in [1.29, 1.82) is 0 Å². The number of benzene rings is 1. The van der Waals surface area contributed by atoms with Crippen LogP contribution in [0.2, 0.25) is 0 Å². The Morgan fingerprint density at radius 1 is 1.25 bits per heavy atom. The van der Waals surface area contributed by atoms with Crippen LogP contribution in [0.4, 0.5) is 5.69 Å². The molecule has 0 saturated carbocycles. The fourth-order valence-corrected chi connectivity index (χ4v) is 1.57. The van der Waals surface area contributed by atoms with Crippen LogP contribution in [0, 0.1) is 5.41 Å². The molecule has 0 fully saturated rings. The van der Waals surface area contributed by atoms with Gasteiger partial charge in [-0.3, -0.25) is 4.79 Å². The first kappa shape index (κ1) is 16.4. The van der Waals surface area contributed by atoms with Gasteiger partial charge in [-0.25, -0.2) is 0 Å². The number of para-hydroxylation sites is 2. The van der Waals surface area contributed by atoms with Gasteiger partial charge in [0.15, 0.2) is 5.11 Å². The summed E-state index contributed by atoms with van der Waals surface area (Å²) in [5.41, 5.74) is 0.250. The molecule has 2 N–H and O–H groups in total. The molecule has 0 atom stereocenters. The number of thiocarbonyl (C=S) groups is 1. The first-order chi connectivity index (χ1) is 9.20. The highest BCUT2D eigenvalue weighted by Crippen LogP contribution is 2.24. The molecule has 0 aromatic heterocycles. The van der Waals surface area contributed by atoms with Crippen LogP contribution < -0.4 is 15.4 Å². The average Bonchev–Trinajstić information content (AvgIpc) is 2.29. The third-order valence-electron chi connectivity index (χ3n) is 2.41. The van der Waals surface area contributed by atoms with E-state index in [1.807, 2.05) is 58.9 Å². The number of hydrogen-bond donors (Lipinski definition) is 2. The van der Waals surface area contributed by atoms with E-state index in [2.05, 4.69) is 10.6 Å². The lowest BCUT2D eigenvalue weighted by Gasteiger charge is -2.20. The molecule has 1 rings (SSSR count). The molecule has 5 heteroatoms. The van der Waals surface area contributed by atoms with E-state index in [9.17, 15) is 4.79 Å². The third kappa shape index (κ3) is 5.17. The molecule has 0 bridgehead atoms. The lowest BCUT2D eigenvalue weighted by atomic mass is 9.96. The fourth-order valence-electron chi connectivity index (χ4n) is 1.37. The largest absolute Gasteiger partial charge is 0.489 e. The second-order valence-electron chi connectivity index (χ2n) is 5.82. The van der Waals surface area contributed by atoms with E-state index in [1.165, 1.54) is 0 Å². The number of nitrogens with one attached hydrogen (secondary N) is 2. The monoisotopic (exact) mass is 294 g/mol. The van der Waals surface area contributed by atoms with Crippen molar-refractivity contribution in [2.24, 2.45) is 5.41 Å². The molecule has 1 aromatic rings. The van der Waals surface area contributed by atoms with Gasteiger partial charge in [-0.2, -0.15) is 0 Å². The summed E-state index contributed by atoms with van der Waals surface area (Å²) in [5, 5.41) is 5.94. The zero-order chi connectivity index (χ0) is 15.3. The number of anilines is 1. The van der Waals surface area contributed by atoms with Crippen LogP contribution in [-0.4, -0.2) is 17.1 Å². The highest BCUT2D eigenvalue weighted by atomic mass is 32.1. The van der Waals surface area contributed by atoms with Gasteiger partial charge in [0, 0.05) is 5.41 Å². The Bertz CT molecular complexity index is 493. The molecule has 20 heavy (non-hydrogen) atoms. The van der Waals surface area contributed by atoms with Gasteiger partial charge < -0.3 is 15.4 Å². The van der Waals surface area contributed by atoms with E-state index in [0.29, 0.717) is 5.75 Å². The van der Waals surface area contributed by atoms with E-state index >= 15 is 0 Å². The minimum Gasteiger partial charge on any atom is -0.489 e. The minimum absolute atomic E-state index is 0.0655. The Morgan fingerprint density at radius 3 is 2.40 bits per heavy atom. The zero-order valence-corrected chi connectivity index (χ0v) is 13.4. The molecule has 0 aliphatic heterocycles. The fraction of sp³-hybridized carbons (Fsp3) is 0.467. The summed E-state index contributed by atoms with van der Waals surface area (Å²) >= 11 is 5.16. The predicted octanol–water partition coefficient (Wildman–Crippen LogP) is 3.33. The Balaban J connectivity index is 2.74. The van der Waals surface area contributed by atoms with E-state index < -0.39 is 5.41 Å². The number of carbonyl (C=O) groups excluding carboxylic acids is 1. The molecule has 1 aromatic carbocycles. The summed E-state index contributed by atoms with van der Waals surface area (Å²) in [6, 6.07) is 7.48. The van der Waals surface area contributed by atoms with E-state index in [-0.39, 0.29) is 17.1 Å². The molecule has 1 amide bonds. The first-order valence-electron chi connectivity index (χ1n) is 6.58. The lowest BCUT2D eigenvalue weighted by Crippen LogP contribution is -2.41. The molecule has 110 valence electrons. The number of rotatable bonds is 3. The van der Waals surface area contributed by atoms with Gasteiger partial charge in [-0.15, -0.1) is 0 Å². The first-order valence-corrected chi connectivity index (χ1v) is 6.99. The van der Waals surface area contributed by atoms with Crippen LogP contribution in [0.25, 0.3) is 0 Å². The highest BCUT2D eigenvalue weighted by molar-refractivity contribution is 7.80. The molecule has 0 radical (unpaired) electrons. The summed E-state index contributed by atoms with van der Waals surface area (Å²) in [7, 11) is 0. The van der Waals surface area contributed by atoms with Crippen LogP contribution in [0.1, 0.15) is 34.6 Å². The number of amides is 1. The van der Waals surface area contributed by atoms with Gasteiger partial charge in [0.1, 0.15) is 5.75 Å². The number of ether oxygens (including phenoxy) is 1. The maximum atomic E-state index is 11.9. The van der Waals surface area contributed by atoms with Gasteiger partial charge >= 0.3 is 0 Å². The summed E-state index contributed by atoms with van der Waals surface area (Å²) in [6.07, 6.45) is 0.0655. The van der Waals surface area contributed by atoms with E-state index in [0.717, 1.165) is 5.69 Å². The molecule has 0 heterocycles. The predicted molar refractivity (Wildman–Crippen MR) is 86.0 cm³/mol. The minimum atomic E-state index is -0.486. The average molecular weight is 294 g/mol. The van der Waals surface area contributed by atoms with Crippen LogP contribution >= 0.6 is 12.2 Å². The van der Waals surface area contributed by atoms with Crippen LogP contribution in [0.15, 0.2) is 24.3 Å². The van der Waals surface area contributed by atoms with Crippen molar-refractivity contribution in [3.63, 3.8) is 0 Å². The van der Waals surface area contributed by atoms with Gasteiger partial charge in [0.05, 0.1) is 11.8 Å². The Kier molecular flexibility index (Phi) is 5.51. The van der Waals surface area contributed by atoms with Crippen molar-refractivity contribution in [3.05, 3.63) is 24.3 Å². The second-order valence-corrected chi connectivity index (χ2v) is 6.23. The van der Waals surface area contributed by atoms with Crippen LogP contribution in [-0.2, 0) is 4.79 Å². The molecule has 4 nitrogen and oxygen atoms in total. The molecule has 0 saturated heterocycles. The Labute approximate surface area is 125 Å². The van der Waals surface area contributed by atoms with Gasteiger partial charge in [0.2, 0.25) is 5.91 Å². The van der Waals surface area contributed by atoms with Gasteiger partial charge in [0.25, 0.3) is 0 Å². The molecular weight excluding hydrogens is 272 g/mol. The summed E-state index contributed by atoms with van der Waals surface area (Å²) in [6.45, 7) is 9.41. The summed E-state index contributed by atoms with van der Waals surface area (Å²) in [5.74, 6) is 0.576. The zero-order valence-electron chi connectivity index (χ0n) is 12.6. The molecule has 0 aliphatic rings. The SMILES string of the molecule is CC(C)Oc1ccccc1NC(=S)NC(=O)C(C)(C)C. The summed E-state index contributed by atoms with van der Waals surface area (Å²) in [4.78, 5) is 11.9. The van der Waals surface area contributed by atoms with Crippen molar-refractivity contribution in [2.45, 2.75) is 40.7 Å². The van der Waals surface area contributed by atoms with Crippen molar-refractivity contribution in [3.8, 4) is 5.75 Å². The summed E-state index contributed by atoms with van der Waals surface area (Å²) < 4.78 is 5.68. The van der Waals surface area contributed by atoms with Gasteiger partial charge in [-0.1, -0.05) is 32.9 Å². The second kappa shape index (κ2) is 6.70. The topological polar surface area (TPSA) is 50.4 Å². The quantitative estimate of drug-likeness (QED) is 0.840. The molecular formula is C15H22N2O2S. The Morgan fingerprint density at radius 2 is 1.85 bits per heavy atom. The van der Waals surface area contributed by atoms with Crippen molar-refractivity contribution in [2.75, 3.05) is 5.32 Å². The molecule has 0 unspecified atom stereocenters. The Hall–Kier alpha value is -1.62. The molecule has 0 spiro atoms. The molecule has 0 aliphatic carbocycles. The number of carbonyl (C=O) groups is 1. The van der Waals surface area contributed by atoms with Crippen molar-refractivity contribution in [1.82, 2.24) is 5.32 Å². The van der Waals surface area contributed by atoms with E-state index in [4.69, 9.17) is 17.0 Å². The highest BCUT2D eigenvalue weighted by Gasteiger charge is 2.22. The van der Waals surface area contributed by atoms with Crippen LogP contribution in [0.3, 0.4) is 0 Å². The van der Waals surface area contributed by atoms with Gasteiger partial charge in [-0.05, 0) is 38.2 Å². The van der Waals surface area contributed by atoms with Crippen LogP contribution in [0.5, 0.6) is 5.75 Å². The lowest BCUT2D eigenvalue weighted by molar-refractivity contribution is -0.126. The maximum absolute atomic E-state index is 11.9. The van der Waals surface area contributed by atoms with Crippen molar-refractivity contribution >= 4 is 28.9 Å². The van der Waals surface area contributed by atoms with Crippen molar-refractivity contribution < 1.29 is 9.53 Å². The maximum Gasteiger partial charge on any atom is 0.231 e. The smallest absolute Gasteiger partial charge is 0.231 e. The normalized spacial score (nSPS) is 11.1. The number of hydrogen-bond acceptors (Lipinski definition) is 3. The third-order valence-corrected chi connectivity index (χ3v) is 2.61. The van der Waals surface area contributed by atoms with E-state index in [1.54, 1.807) is 0 Å². The standard InChI is InChI=1S/C15H22N2O2S/c1-10(2)19-12-9-7-6-8-11(12)16-14(20)17-13(18)15(3,4)5/h6-10H,1-5H3,(H2,16,17,18,20).